The first-order chi connectivity index (χ1) is 11.7. The van der Waals surface area contributed by atoms with Crippen molar-refractivity contribution in [1.82, 2.24) is 4.31 Å². The summed E-state index contributed by atoms with van der Waals surface area (Å²) in [4.78, 5) is 12.7. The van der Waals surface area contributed by atoms with E-state index in [9.17, 15) is 18.3 Å². The summed E-state index contributed by atoms with van der Waals surface area (Å²) in [6.45, 7) is 4.48. The normalized spacial score (nSPS) is 37.1. The van der Waals surface area contributed by atoms with E-state index in [0.29, 0.717) is 5.92 Å². The second-order valence-electron chi connectivity index (χ2n) is 7.88. The molecule has 1 saturated heterocycles. The molecule has 0 aromatic rings. The number of sulfonamides is 1. The van der Waals surface area contributed by atoms with Crippen LogP contribution in [0.15, 0.2) is 0 Å². The van der Waals surface area contributed by atoms with E-state index in [0.717, 1.165) is 42.5 Å². The second kappa shape index (κ2) is 6.18. The molecular formula is C15H25BNO5S2. The number of hydrogen-bond acceptors (Lipinski definition) is 6. The number of carbonyl (C=O) groups is 1. The number of amides is 1. The minimum atomic E-state index is -3.63. The molecule has 1 N–H and O–H groups in total. The molecule has 24 heavy (non-hydrogen) atoms. The summed E-state index contributed by atoms with van der Waals surface area (Å²) >= 11 is 0.853. The third kappa shape index (κ3) is 2.62. The summed E-state index contributed by atoms with van der Waals surface area (Å²) in [6.07, 6.45) is 1.70. The summed E-state index contributed by atoms with van der Waals surface area (Å²) in [5, 5.41) is 10.0. The Bertz CT molecular complexity index is 646. The van der Waals surface area contributed by atoms with Gasteiger partial charge in [-0.25, -0.2) is 12.7 Å². The number of carbonyl (C=O) groups excluding carboxylic acids is 1. The van der Waals surface area contributed by atoms with Crippen LogP contribution in [0.25, 0.3) is 0 Å². The molecule has 135 valence electrons. The zero-order valence-corrected chi connectivity index (χ0v) is 15.7. The van der Waals surface area contributed by atoms with Gasteiger partial charge < -0.3 is 9.29 Å². The van der Waals surface area contributed by atoms with Gasteiger partial charge in [-0.1, -0.05) is 25.7 Å². The summed E-state index contributed by atoms with van der Waals surface area (Å²) in [5.41, 5.74) is -0.406. The van der Waals surface area contributed by atoms with Crippen molar-refractivity contribution in [2.45, 2.75) is 58.1 Å². The molecule has 6 nitrogen and oxygen atoms in total. The summed E-state index contributed by atoms with van der Waals surface area (Å²) in [7, 11) is -2.60. The third-order valence-corrected chi connectivity index (χ3v) is 8.91. The number of rotatable bonds is 7. The Labute approximate surface area is 150 Å². The molecule has 3 rings (SSSR count). The molecular weight excluding hydrogens is 349 g/mol. The number of nitrogens with zero attached hydrogens (tertiary/aromatic N) is 1. The highest BCUT2D eigenvalue weighted by Crippen LogP contribution is 2.70. The number of fused-ring (bicyclic) bond motifs is 1. The summed E-state index contributed by atoms with van der Waals surface area (Å²) in [6, 6.07) is -0.254. The fourth-order valence-electron chi connectivity index (χ4n) is 5.24. The minimum absolute atomic E-state index is 0.0507. The summed E-state index contributed by atoms with van der Waals surface area (Å²) < 4.78 is 38.4. The zero-order valence-electron chi connectivity index (χ0n) is 15.1. The van der Waals surface area contributed by atoms with Crippen molar-refractivity contribution in [1.29, 1.82) is 1.34 Å². The molecule has 0 aromatic heterocycles. The molecule has 2 unspecified atom stereocenters. The summed E-state index contributed by atoms with van der Waals surface area (Å²) in [5.74, 6) is 0.00643. The van der Waals surface area contributed by atoms with Crippen LogP contribution in [-0.4, -0.2) is 56.7 Å². The monoisotopic (exact) mass is 376 g/mol. The fourth-order valence-corrected chi connectivity index (χ4v) is 7.99. The standard InChI is InChI=1S/C15H25BNO5S2/c1-14(2)10-3-5-15(14)9-24(20,21)17(12(15)7-10)13(19)8-11(18)4-6-22-23-16/h10-12,16,18H,3-9H2,1-2H3/t10?,11-,12?,15-/m1/s1/i16T. The predicted octanol–water partition coefficient (Wildman–Crippen LogP) is 0.975. The van der Waals surface area contributed by atoms with Crippen molar-refractivity contribution in [3.8, 4) is 0 Å². The van der Waals surface area contributed by atoms with Crippen LogP contribution in [0.2, 0.25) is 0 Å². The van der Waals surface area contributed by atoms with Gasteiger partial charge in [-0.15, -0.1) is 0 Å². The Kier molecular flexibility index (Phi) is 4.42. The smallest absolute Gasteiger partial charge is 0.238 e. The molecule has 9 heteroatoms. The van der Waals surface area contributed by atoms with Crippen LogP contribution in [0.4, 0.5) is 0 Å². The van der Waals surface area contributed by atoms with Crippen molar-refractivity contribution in [2.24, 2.45) is 16.7 Å². The molecule has 3 fully saturated rings. The molecule has 2 bridgehead atoms. The average molecular weight is 376 g/mol. The van der Waals surface area contributed by atoms with Crippen LogP contribution in [0.1, 0.15) is 46.0 Å². The van der Waals surface area contributed by atoms with Gasteiger partial charge in [0.1, 0.15) is 0 Å². The van der Waals surface area contributed by atoms with Gasteiger partial charge in [-0.05, 0) is 38.4 Å². The van der Waals surface area contributed by atoms with E-state index in [4.69, 9.17) is 5.52 Å². The van der Waals surface area contributed by atoms with E-state index in [1.165, 1.54) is 0 Å². The van der Waals surface area contributed by atoms with Crippen LogP contribution < -0.4 is 0 Å². The Balaban J connectivity index is 1.69. The topological polar surface area (TPSA) is 83.9 Å². The first kappa shape index (κ1) is 17.2. The lowest BCUT2D eigenvalue weighted by Crippen LogP contribution is -2.45. The lowest BCUT2D eigenvalue weighted by Gasteiger charge is -2.37. The van der Waals surface area contributed by atoms with Crippen molar-refractivity contribution >= 4 is 34.9 Å². The Morgan fingerprint density at radius 2 is 2.33 bits per heavy atom. The van der Waals surface area contributed by atoms with Crippen molar-refractivity contribution in [2.75, 3.05) is 12.4 Å². The lowest BCUT2D eigenvalue weighted by atomic mass is 9.69. The molecule has 1 radical (unpaired) electrons. The Morgan fingerprint density at radius 1 is 1.58 bits per heavy atom. The Morgan fingerprint density at radius 3 is 3.00 bits per heavy atom. The van der Waals surface area contributed by atoms with Gasteiger partial charge in [0, 0.05) is 5.41 Å². The van der Waals surface area contributed by atoms with E-state index >= 15 is 0 Å². The molecule has 1 heterocycles. The minimum Gasteiger partial charge on any atom is -0.393 e. The SMILES string of the molecule is [3H][B]SOCC[C@@H](O)CC(=O)N1C2CC3CC[C@]2(CS1(=O)=O)C3(C)C. The molecule has 1 amide bonds. The van der Waals surface area contributed by atoms with Crippen molar-refractivity contribution < 1.29 is 22.5 Å². The molecule has 2 aliphatic carbocycles. The molecule has 1 spiro atoms. The van der Waals surface area contributed by atoms with E-state index < -0.39 is 22.0 Å². The van der Waals surface area contributed by atoms with Gasteiger partial charge in [-0.2, -0.15) is 0 Å². The highest BCUT2D eigenvalue weighted by atomic mass is 32.2. The zero-order chi connectivity index (χ0) is 18.5. The largest absolute Gasteiger partial charge is 0.393 e. The maximum atomic E-state index is 12.7. The molecule has 4 atom stereocenters. The highest BCUT2D eigenvalue weighted by molar-refractivity contribution is 8.15. The second-order valence-corrected chi connectivity index (χ2v) is 10.1. The van der Waals surface area contributed by atoms with Crippen molar-refractivity contribution in [3.05, 3.63) is 0 Å². The number of aliphatic hydroxyl groups excluding tert-OH is 1. The van der Waals surface area contributed by atoms with Gasteiger partial charge in [0.25, 0.3) is 0 Å². The van der Waals surface area contributed by atoms with Crippen LogP contribution in [0.5, 0.6) is 0 Å². The van der Waals surface area contributed by atoms with E-state index in [1.807, 2.05) is 0 Å². The predicted molar refractivity (Wildman–Crippen MR) is 93.9 cm³/mol. The van der Waals surface area contributed by atoms with E-state index in [1.54, 1.807) is 0 Å². The maximum absolute atomic E-state index is 12.7. The molecule has 3 aliphatic rings. The van der Waals surface area contributed by atoms with Crippen LogP contribution >= 0.6 is 11.9 Å². The van der Waals surface area contributed by atoms with Gasteiger partial charge in [0.15, 0.2) is 0 Å². The van der Waals surface area contributed by atoms with E-state index in [2.05, 4.69) is 13.8 Å². The maximum Gasteiger partial charge on any atom is 0.238 e. The van der Waals surface area contributed by atoms with Crippen LogP contribution in [0.3, 0.4) is 0 Å². The molecule has 0 aromatic carbocycles. The fraction of sp³-hybridized carbons (Fsp3) is 0.933. The molecule has 2 saturated carbocycles. The quantitative estimate of drug-likeness (QED) is 0.405. The third-order valence-electron chi connectivity index (χ3n) is 6.67. The van der Waals surface area contributed by atoms with Crippen molar-refractivity contribution in [3.63, 3.8) is 0 Å². The number of aliphatic hydroxyl groups is 1. The lowest BCUT2D eigenvalue weighted by molar-refractivity contribution is -0.131. The van der Waals surface area contributed by atoms with Crippen LogP contribution in [-0.2, 0) is 19.0 Å². The number of hydrogen-bond donors (Lipinski definition) is 1. The van der Waals surface area contributed by atoms with Gasteiger partial charge in [0.05, 0.1) is 30.9 Å². The van der Waals surface area contributed by atoms with Crippen LogP contribution in [0, 0.1) is 16.7 Å². The highest BCUT2D eigenvalue weighted by Gasteiger charge is 2.72. The van der Waals surface area contributed by atoms with Gasteiger partial charge in [0.2, 0.25) is 23.0 Å². The first-order valence-electron chi connectivity index (χ1n) is 8.95. The van der Waals surface area contributed by atoms with E-state index in [-0.39, 0.29) is 42.1 Å². The average Bonchev–Trinajstić information content (AvgIpc) is 2.98. The Hall–Kier alpha value is -0.245. The van der Waals surface area contributed by atoms with Gasteiger partial charge >= 0.3 is 0 Å². The van der Waals surface area contributed by atoms with Gasteiger partial charge in [-0.3, -0.25) is 4.79 Å². The molecule has 1 aliphatic heterocycles. The first-order valence-corrected chi connectivity index (χ1v) is 10.8.